The van der Waals surface area contributed by atoms with Gasteiger partial charge in [0, 0.05) is 35.8 Å². The van der Waals surface area contributed by atoms with Gasteiger partial charge in [0.1, 0.15) is 5.82 Å². The molecule has 1 aliphatic rings. The predicted molar refractivity (Wildman–Crippen MR) is 148 cm³/mol. The van der Waals surface area contributed by atoms with Gasteiger partial charge in [0.15, 0.2) is 10.8 Å². The van der Waals surface area contributed by atoms with Crippen LogP contribution in [-0.4, -0.2) is 30.6 Å². The monoisotopic (exact) mass is 539 g/mol. The van der Waals surface area contributed by atoms with Gasteiger partial charge in [-0.3, -0.25) is 14.9 Å². The van der Waals surface area contributed by atoms with E-state index in [1.165, 1.54) is 23.9 Å². The highest BCUT2D eigenvalue weighted by atomic mass is 32.2. The Balaban J connectivity index is 1.28. The smallest absolute Gasteiger partial charge is 0.271 e. The second-order valence-electron chi connectivity index (χ2n) is 9.50. The lowest BCUT2D eigenvalue weighted by Crippen LogP contribution is -2.44. The maximum atomic E-state index is 14.2. The van der Waals surface area contributed by atoms with E-state index in [2.05, 4.69) is 19.9 Å². The van der Waals surface area contributed by atoms with Gasteiger partial charge in [-0.25, -0.2) is 9.97 Å². The minimum Gasteiger partial charge on any atom is -0.351 e. The van der Waals surface area contributed by atoms with Gasteiger partial charge in [0.05, 0.1) is 22.1 Å². The van der Waals surface area contributed by atoms with Gasteiger partial charge < -0.3 is 14.7 Å². The number of hydrogen-bond donors (Lipinski definition) is 2. The van der Waals surface area contributed by atoms with Crippen LogP contribution in [0.2, 0.25) is 0 Å². The molecule has 0 radical (unpaired) electrons. The summed E-state index contributed by atoms with van der Waals surface area (Å²) in [6.07, 6.45) is 4.15. The fourth-order valence-corrected chi connectivity index (χ4v) is 6.09. The van der Waals surface area contributed by atoms with Crippen LogP contribution in [0.3, 0.4) is 0 Å². The third kappa shape index (κ3) is 4.62. The molecule has 10 heteroatoms. The van der Waals surface area contributed by atoms with E-state index in [1.54, 1.807) is 18.5 Å². The van der Waals surface area contributed by atoms with Gasteiger partial charge >= 0.3 is 0 Å². The zero-order chi connectivity index (χ0) is 27.0. The molecule has 2 aromatic heterocycles. The summed E-state index contributed by atoms with van der Waals surface area (Å²) in [5.74, 6) is 0.995. The lowest BCUT2D eigenvalue weighted by atomic mass is 9.77. The Bertz CT molecular complexity index is 1670. The number of ether oxygens (including phenoxy) is 1. The first-order valence-corrected chi connectivity index (χ1v) is 13.6. The van der Waals surface area contributed by atoms with Gasteiger partial charge in [-0.1, -0.05) is 60.3 Å². The number of hydrogen-bond acceptors (Lipinski definition) is 7. The fraction of sp³-hybridized carbons (Fsp3) is 0.207. The average Bonchev–Trinajstić information content (AvgIpc) is 3.64. The number of carbonyl (C=O) groups is 1. The molecule has 0 amide bonds. The number of aromatic amines is 2. The largest absolute Gasteiger partial charge is 0.351 e. The Hall–Kier alpha value is -4.28. The van der Waals surface area contributed by atoms with E-state index in [4.69, 9.17) is 4.74 Å². The second kappa shape index (κ2) is 10.1. The van der Waals surface area contributed by atoms with E-state index < -0.39 is 10.5 Å². The molecule has 5 aromatic rings. The van der Waals surface area contributed by atoms with Gasteiger partial charge in [-0.05, 0) is 42.5 Å². The lowest BCUT2D eigenvalue weighted by molar-refractivity contribution is -0.384. The number of nitrogens with zero attached hydrogens (tertiary/aromatic N) is 3. The minimum absolute atomic E-state index is 0.0159. The number of carbonyl (C=O) groups excluding carboxylic acids is 1. The summed E-state index contributed by atoms with van der Waals surface area (Å²) in [7, 11) is 0. The molecule has 2 atom stereocenters. The Labute approximate surface area is 228 Å². The van der Waals surface area contributed by atoms with Crippen LogP contribution in [0.15, 0.2) is 84.3 Å². The molecule has 0 spiro atoms. The first-order chi connectivity index (χ1) is 18.9. The van der Waals surface area contributed by atoms with Crippen molar-refractivity contribution in [3.63, 3.8) is 0 Å². The number of thioether (sulfide) groups is 1. The lowest BCUT2D eigenvalue weighted by Gasteiger charge is -2.37. The van der Waals surface area contributed by atoms with Crippen molar-refractivity contribution in [1.82, 2.24) is 19.9 Å². The molecular weight excluding hydrogens is 514 g/mol. The number of non-ortho nitro benzene ring substituents is 1. The number of Topliss-reactive ketones (excluding diaryl/α,β-unsaturated/α-hetero) is 1. The zero-order valence-corrected chi connectivity index (χ0v) is 21.9. The molecular formula is C29H25N5O4S. The molecule has 196 valence electrons. The van der Waals surface area contributed by atoms with E-state index in [0.29, 0.717) is 46.2 Å². The molecule has 0 saturated heterocycles. The Morgan fingerprint density at radius 3 is 2.77 bits per heavy atom. The van der Waals surface area contributed by atoms with Crippen molar-refractivity contribution in [2.75, 3.05) is 0 Å². The van der Waals surface area contributed by atoms with Crippen LogP contribution in [0.1, 0.15) is 52.3 Å². The molecule has 39 heavy (non-hydrogen) atoms. The van der Waals surface area contributed by atoms with Crippen LogP contribution >= 0.6 is 11.8 Å². The van der Waals surface area contributed by atoms with Crippen molar-refractivity contribution in [2.24, 2.45) is 0 Å². The number of H-pyrrole nitrogens is 2. The number of ketones is 1. The highest BCUT2D eigenvalue weighted by Gasteiger charge is 2.48. The highest BCUT2D eigenvalue weighted by molar-refractivity contribution is 7.98. The topological polar surface area (TPSA) is 127 Å². The third-order valence-electron chi connectivity index (χ3n) is 7.16. The highest BCUT2D eigenvalue weighted by Crippen LogP contribution is 2.43. The third-order valence-corrected chi connectivity index (χ3v) is 8.08. The number of nitro groups is 1. The van der Waals surface area contributed by atoms with Crippen LogP contribution in [0.25, 0.3) is 11.0 Å². The van der Waals surface area contributed by atoms with Crippen LogP contribution in [0.4, 0.5) is 5.69 Å². The maximum Gasteiger partial charge on any atom is 0.271 e. The van der Waals surface area contributed by atoms with E-state index in [1.807, 2.05) is 55.5 Å². The van der Waals surface area contributed by atoms with Crippen molar-refractivity contribution in [2.45, 2.75) is 42.4 Å². The number of aromatic nitrogens is 4. The van der Waals surface area contributed by atoms with Gasteiger partial charge in [-0.15, -0.1) is 0 Å². The molecule has 0 aliphatic heterocycles. The van der Waals surface area contributed by atoms with Crippen LogP contribution in [0.5, 0.6) is 0 Å². The summed E-state index contributed by atoms with van der Waals surface area (Å²) < 4.78 is 6.60. The molecule has 2 heterocycles. The molecule has 2 N–H and O–H groups in total. The summed E-state index contributed by atoms with van der Waals surface area (Å²) in [4.78, 5) is 40.2. The molecule has 1 aliphatic carbocycles. The van der Waals surface area contributed by atoms with Crippen LogP contribution < -0.4 is 0 Å². The van der Waals surface area contributed by atoms with E-state index >= 15 is 0 Å². The quantitative estimate of drug-likeness (QED) is 0.135. The molecule has 0 bridgehead atoms. The molecule has 3 aromatic carbocycles. The number of rotatable bonds is 8. The van der Waals surface area contributed by atoms with Gasteiger partial charge in [0.2, 0.25) is 5.78 Å². The van der Waals surface area contributed by atoms with Crippen LogP contribution in [0, 0.1) is 10.1 Å². The summed E-state index contributed by atoms with van der Waals surface area (Å²) in [6, 6.07) is 20.2. The number of nitro benzene ring substituents is 1. The SMILES string of the molecule is C[C@H](OC1(c2ncc[nH]2)CCc2c(CSc3nc4ccc([N+](=O)[O-])cc4[nH]3)cccc2C1=O)c1ccccc1. The molecule has 9 nitrogen and oxygen atoms in total. The summed E-state index contributed by atoms with van der Waals surface area (Å²) >= 11 is 1.50. The van der Waals surface area contributed by atoms with Crippen molar-refractivity contribution in [3.05, 3.63) is 117 Å². The zero-order valence-electron chi connectivity index (χ0n) is 21.1. The Morgan fingerprint density at radius 2 is 2.00 bits per heavy atom. The Kier molecular flexibility index (Phi) is 6.49. The average molecular weight is 540 g/mol. The number of nitrogens with one attached hydrogen (secondary N) is 2. The minimum atomic E-state index is -1.22. The number of imidazole rings is 2. The summed E-state index contributed by atoms with van der Waals surface area (Å²) in [6.45, 7) is 1.96. The maximum absolute atomic E-state index is 14.2. The van der Waals surface area contributed by atoms with E-state index in [9.17, 15) is 14.9 Å². The van der Waals surface area contributed by atoms with Crippen molar-refractivity contribution < 1.29 is 14.5 Å². The van der Waals surface area contributed by atoms with Gasteiger partial charge in [-0.2, -0.15) is 0 Å². The fourth-order valence-electron chi connectivity index (χ4n) is 5.19. The number of benzene rings is 3. The summed E-state index contributed by atoms with van der Waals surface area (Å²) in [5.41, 5.74) is 3.75. The standard InChI is InChI=1S/C29H25N5O4S/c1-18(19-6-3-2-4-7-19)38-29(27-30-14-15-31-27)13-12-22-20(8-5-9-23(22)26(29)35)17-39-28-32-24-11-10-21(34(36)37)16-25(24)33-28/h2-11,14-16,18H,12-13,17H2,1H3,(H,30,31)(H,32,33)/t18-,29?/m0/s1. The molecule has 1 unspecified atom stereocenters. The second-order valence-corrected chi connectivity index (χ2v) is 10.5. The van der Waals surface area contributed by atoms with Gasteiger partial charge in [0.25, 0.3) is 5.69 Å². The van der Waals surface area contributed by atoms with E-state index in [0.717, 1.165) is 16.7 Å². The first kappa shape index (κ1) is 25.0. The van der Waals surface area contributed by atoms with Crippen molar-refractivity contribution in [3.8, 4) is 0 Å². The van der Waals surface area contributed by atoms with E-state index in [-0.39, 0.29) is 17.6 Å². The normalized spacial score (nSPS) is 17.7. The molecule has 0 saturated carbocycles. The van der Waals surface area contributed by atoms with Crippen molar-refractivity contribution >= 4 is 34.3 Å². The molecule has 0 fully saturated rings. The number of fused-ring (bicyclic) bond motifs is 2. The molecule has 6 rings (SSSR count). The first-order valence-electron chi connectivity index (χ1n) is 12.6. The Morgan fingerprint density at radius 1 is 1.15 bits per heavy atom. The summed E-state index contributed by atoms with van der Waals surface area (Å²) in [5, 5.41) is 11.8. The van der Waals surface area contributed by atoms with Crippen molar-refractivity contribution in [1.29, 1.82) is 0 Å². The predicted octanol–water partition coefficient (Wildman–Crippen LogP) is 6.29. The van der Waals surface area contributed by atoms with Crippen LogP contribution in [-0.2, 0) is 22.5 Å².